The van der Waals surface area contributed by atoms with Gasteiger partial charge in [-0.2, -0.15) is 0 Å². The van der Waals surface area contributed by atoms with E-state index in [0.29, 0.717) is 19.4 Å². The van der Waals surface area contributed by atoms with Gasteiger partial charge < -0.3 is 4.90 Å². The number of amides is 1. The number of rotatable bonds is 0. The highest BCUT2D eigenvalue weighted by atomic mass is 32.1. The molecular weight excluding hydrogens is 246 g/mol. The summed E-state index contributed by atoms with van der Waals surface area (Å²) in [7, 11) is 0. The molecule has 0 saturated carbocycles. The first kappa shape index (κ1) is 10.3. The van der Waals surface area contributed by atoms with Crippen molar-refractivity contribution in [2.24, 2.45) is 0 Å². The summed E-state index contributed by atoms with van der Waals surface area (Å²) >= 11 is 1.57. The van der Waals surface area contributed by atoms with Gasteiger partial charge in [-0.3, -0.25) is 9.59 Å². The molecule has 4 heteroatoms. The molecule has 1 amide bonds. The standard InChI is InChI=1S/C14H11NO2S/c16-12-6-5-10-13(17)14-9(7-15(10)12)8-3-1-2-4-11(8)18-14/h1-4,10H,5-7H2. The average Bonchev–Trinajstić information content (AvgIpc) is 2.93. The van der Waals surface area contributed by atoms with E-state index in [4.69, 9.17) is 0 Å². The molecule has 1 aromatic heterocycles. The zero-order valence-corrected chi connectivity index (χ0v) is 10.5. The van der Waals surface area contributed by atoms with Gasteiger partial charge in [-0.05, 0) is 17.9 Å². The zero-order chi connectivity index (χ0) is 12.3. The summed E-state index contributed by atoms with van der Waals surface area (Å²) in [6.07, 6.45) is 1.20. The SMILES string of the molecule is O=C1c2sc3ccccc3c2CN2C(=O)CCC12. The Hall–Kier alpha value is -1.68. The van der Waals surface area contributed by atoms with Gasteiger partial charge in [0.05, 0.1) is 10.9 Å². The quantitative estimate of drug-likeness (QED) is 0.727. The lowest BCUT2D eigenvalue weighted by Gasteiger charge is -2.28. The van der Waals surface area contributed by atoms with E-state index in [1.807, 2.05) is 24.3 Å². The van der Waals surface area contributed by atoms with Crippen molar-refractivity contribution < 1.29 is 9.59 Å². The van der Waals surface area contributed by atoms with Crippen molar-refractivity contribution >= 4 is 33.1 Å². The van der Waals surface area contributed by atoms with Crippen LogP contribution in [0.1, 0.15) is 28.1 Å². The lowest BCUT2D eigenvalue weighted by Crippen LogP contribution is -2.41. The normalized spacial score (nSPS) is 22.4. The van der Waals surface area contributed by atoms with E-state index in [1.54, 1.807) is 16.2 Å². The highest BCUT2D eigenvalue weighted by molar-refractivity contribution is 7.21. The number of hydrogen-bond acceptors (Lipinski definition) is 3. The average molecular weight is 257 g/mol. The molecule has 1 saturated heterocycles. The highest BCUT2D eigenvalue weighted by Gasteiger charge is 2.42. The number of thiophene rings is 1. The van der Waals surface area contributed by atoms with E-state index >= 15 is 0 Å². The Balaban J connectivity index is 1.96. The maximum absolute atomic E-state index is 12.4. The summed E-state index contributed by atoms with van der Waals surface area (Å²) in [5, 5.41) is 1.13. The molecule has 0 spiro atoms. The number of carbonyl (C=O) groups is 2. The minimum atomic E-state index is -0.196. The summed E-state index contributed by atoms with van der Waals surface area (Å²) in [6, 6.07) is 7.86. The van der Waals surface area contributed by atoms with Crippen molar-refractivity contribution in [3.8, 4) is 0 Å². The molecule has 2 aliphatic heterocycles. The molecule has 18 heavy (non-hydrogen) atoms. The molecule has 90 valence electrons. The van der Waals surface area contributed by atoms with Crippen LogP contribution in [0.2, 0.25) is 0 Å². The van der Waals surface area contributed by atoms with Crippen LogP contribution in [0.3, 0.4) is 0 Å². The number of Topliss-reactive ketones (excluding diaryl/α,β-unsaturated/α-hetero) is 1. The number of fused-ring (bicyclic) bond motifs is 4. The monoisotopic (exact) mass is 257 g/mol. The van der Waals surface area contributed by atoms with Crippen LogP contribution in [0.4, 0.5) is 0 Å². The number of nitrogens with zero attached hydrogens (tertiary/aromatic N) is 1. The Morgan fingerprint density at radius 3 is 2.94 bits per heavy atom. The third-order valence-corrected chi connectivity index (χ3v) is 5.11. The Labute approximate surface area is 108 Å². The van der Waals surface area contributed by atoms with E-state index < -0.39 is 0 Å². The van der Waals surface area contributed by atoms with Gasteiger partial charge in [0.15, 0.2) is 5.78 Å². The number of ketones is 1. The second-order valence-electron chi connectivity index (χ2n) is 4.85. The van der Waals surface area contributed by atoms with Crippen LogP contribution in [-0.2, 0) is 11.3 Å². The van der Waals surface area contributed by atoms with E-state index in [9.17, 15) is 9.59 Å². The van der Waals surface area contributed by atoms with Gasteiger partial charge in [0.2, 0.25) is 5.91 Å². The predicted octanol–water partition coefficient (Wildman–Crippen LogP) is 2.59. The molecule has 0 bridgehead atoms. The highest BCUT2D eigenvalue weighted by Crippen LogP contribution is 2.39. The maximum Gasteiger partial charge on any atom is 0.223 e. The lowest BCUT2D eigenvalue weighted by molar-refractivity contribution is -0.129. The molecule has 1 atom stereocenters. The summed E-state index contributed by atoms with van der Waals surface area (Å²) < 4.78 is 1.14. The smallest absolute Gasteiger partial charge is 0.223 e. The van der Waals surface area contributed by atoms with Crippen LogP contribution < -0.4 is 0 Å². The van der Waals surface area contributed by atoms with E-state index in [2.05, 4.69) is 0 Å². The van der Waals surface area contributed by atoms with Crippen LogP contribution in [0.15, 0.2) is 24.3 Å². The van der Waals surface area contributed by atoms with E-state index in [-0.39, 0.29) is 17.7 Å². The zero-order valence-electron chi connectivity index (χ0n) is 9.68. The van der Waals surface area contributed by atoms with Gasteiger partial charge in [-0.25, -0.2) is 0 Å². The van der Waals surface area contributed by atoms with Gasteiger partial charge in [0, 0.05) is 23.2 Å². The van der Waals surface area contributed by atoms with Gasteiger partial charge in [-0.15, -0.1) is 11.3 Å². The molecule has 1 unspecified atom stereocenters. The van der Waals surface area contributed by atoms with Crippen molar-refractivity contribution in [2.45, 2.75) is 25.4 Å². The van der Waals surface area contributed by atoms with E-state index in [1.165, 1.54) is 0 Å². The molecule has 0 radical (unpaired) electrons. The van der Waals surface area contributed by atoms with Crippen molar-refractivity contribution in [2.75, 3.05) is 0 Å². The summed E-state index contributed by atoms with van der Waals surface area (Å²) in [4.78, 5) is 26.9. The molecule has 4 rings (SSSR count). The molecule has 2 aromatic rings. The largest absolute Gasteiger partial charge is 0.328 e. The first-order valence-corrected chi connectivity index (χ1v) is 6.91. The van der Waals surface area contributed by atoms with E-state index in [0.717, 1.165) is 20.5 Å². The fourth-order valence-electron chi connectivity index (χ4n) is 2.98. The predicted molar refractivity (Wildman–Crippen MR) is 69.7 cm³/mol. The van der Waals surface area contributed by atoms with Gasteiger partial charge >= 0.3 is 0 Å². The summed E-state index contributed by atoms with van der Waals surface area (Å²) in [5.74, 6) is 0.262. The Morgan fingerprint density at radius 2 is 2.06 bits per heavy atom. The molecular formula is C14H11NO2S. The van der Waals surface area contributed by atoms with Crippen LogP contribution in [0.5, 0.6) is 0 Å². The van der Waals surface area contributed by atoms with Crippen molar-refractivity contribution in [1.29, 1.82) is 0 Å². The fourth-order valence-corrected chi connectivity index (χ4v) is 4.18. The van der Waals surface area contributed by atoms with Crippen molar-refractivity contribution in [3.05, 3.63) is 34.7 Å². The lowest BCUT2D eigenvalue weighted by atomic mass is 9.98. The molecule has 3 heterocycles. The Kier molecular flexibility index (Phi) is 1.95. The molecule has 3 nitrogen and oxygen atoms in total. The van der Waals surface area contributed by atoms with Gasteiger partial charge in [0.25, 0.3) is 0 Å². The van der Waals surface area contributed by atoms with Gasteiger partial charge in [-0.1, -0.05) is 18.2 Å². The first-order chi connectivity index (χ1) is 8.75. The number of carbonyl (C=O) groups excluding carboxylic acids is 2. The van der Waals surface area contributed by atoms with Gasteiger partial charge in [0.1, 0.15) is 0 Å². The van der Waals surface area contributed by atoms with Crippen LogP contribution in [-0.4, -0.2) is 22.6 Å². The third-order valence-electron chi connectivity index (χ3n) is 3.88. The minimum Gasteiger partial charge on any atom is -0.328 e. The Morgan fingerprint density at radius 1 is 1.22 bits per heavy atom. The first-order valence-electron chi connectivity index (χ1n) is 6.10. The summed E-state index contributed by atoms with van der Waals surface area (Å²) in [5.41, 5.74) is 1.05. The molecule has 0 aliphatic carbocycles. The fraction of sp³-hybridized carbons (Fsp3) is 0.286. The maximum atomic E-state index is 12.4. The summed E-state index contributed by atoms with van der Waals surface area (Å²) in [6.45, 7) is 0.606. The van der Waals surface area contributed by atoms with Crippen LogP contribution >= 0.6 is 11.3 Å². The van der Waals surface area contributed by atoms with Crippen LogP contribution in [0.25, 0.3) is 10.1 Å². The van der Waals surface area contributed by atoms with Crippen molar-refractivity contribution in [1.82, 2.24) is 4.90 Å². The van der Waals surface area contributed by atoms with Crippen LogP contribution in [0, 0.1) is 0 Å². The molecule has 1 aromatic carbocycles. The molecule has 1 fully saturated rings. The topological polar surface area (TPSA) is 37.4 Å². The second kappa shape index (κ2) is 3.42. The number of benzene rings is 1. The minimum absolute atomic E-state index is 0.120. The third kappa shape index (κ3) is 1.18. The second-order valence-corrected chi connectivity index (χ2v) is 5.90. The Bertz CT molecular complexity index is 688. The van der Waals surface area contributed by atoms with Crippen molar-refractivity contribution in [3.63, 3.8) is 0 Å². The number of hydrogen-bond donors (Lipinski definition) is 0. The molecule has 0 N–H and O–H groups in total. The molecule has 2 aliphatic rings.